The minimum Gasteiger partial charge on any atom is -0.301 e. The van der Waals surface area contributed by atoms with Crippen LogP contribution in [-0.2, 0) is 0 Å². The quantitative estimate of drug-likeness (QED) is 0.541. The zero-order valence-corrected chi connectivity index (χ0v) is 14.9. The molecule has 1 rings (SSSR count). The van der Waals surface area contributed by atoms with Gasteiger partial charge in [-0.1, -0.05) is 50.4 Å². The molecule has 0 aliphatic heterocycles. The van der Waals surface area contributed by atoms with Crippen LogP contribution in [0.3, 0.4) is 0 Å². The van der Waals surface area contributed by atoms with Crippen molar-refractivity contribution in [3.63, 3.8) is 0 Å². The van der Waals surface area contributed by atoms with Crippen LogP contribution in [-0.4, -0.2) is 30.1 Å². The van der Waals surface area contributed by atoms with Gasteiger partial charge in [-0.05, 0) is 57.3 Å². The summed E-state index contributed by atoms with van der Waals surface area (Å²) in [4.78, 5) is 2.52. The molecule has 0 saturated carbocycles. The Labute approximate surface area is 136 Å². The van der Waals surface area contributed by atoms with Crippen LogP contribution in [0.15, 0.2) is 30.3 Å². The van der Waals surface area contributed by atoms with Crippen molar-refractivity contribution < 1.29 is 4.48 Å². The van der Waals surface area contributed by atoms with E-state index in [2.05, 4.69) is 32.6 Å². The van der Waals surface area contributed by atoms with Gasteiger partial charge in [0.15, 0.2) is 0 Å². The molecule has 3 unspecified atom stereocenters. The molecule has 3 atom stereocenters. The Morgan fingerprint density at radius 2 is 1.55 bits per heavy atom. The standard InChI is InChI=1S/C19H33FN2/c1-6-18(21(7-2)8-3)15-14-16(4)17(5)22(20)19-12-10-9-11-13-19/h9-13,16-18H,6-8,14-15H2,1-5H3. The lowest BCUT2D eigenvalue weighted by Crippen LogP contribution is -2.36. The summed E-state index contributed by atoms with van der Waals surface area (Å²) in [6.07, 6.45) is 3.37. The van der Waals surface area contributed by atoms with E-state index in [0.29, 0.717) is 17.6 Å². The Morgan fingerprint density at radius 3 is 2.05 bits per heavy atom. The molecule has 0 fully saturated rings. The molecule has 0 saturated heterocycles. The molecule has 22 heavy (non-hydrogen) atoms. The van der Waals surface area contributed by atoms with Gasteiger partial charge >= 0.3 is 0 Å². The Morgan fingerprint density at radius 1 is 0.955 bits per heavy atom. The predicted octanol–water partition coefficient (Wildman–Crippen LogP) is 5.30. The molecule has 2 nitrogen and oxygen atoms in total. The second kappa shape index (κ2) is 9.83. The molecule has 0 N–H and O–H groups in total. The van der Waals surface area contributed by atoms with Crippen LogP contribution in [0, 0.1) is 5.92 Å². The summed E-state index contributed by atoms with van der Waals surface area (Å²) in [6.45, 7) is 13.0. The number of hydrogen-bond donors (Lipinski definition) is 0. The van der Waals surface area contributed by atoms with Gasteiger partial charge in [-0.15, -0.1) is 0 Å². The number of rotatable bonds is 10. The largest absolute Gasteiger partial charge is 0.301 e. The Bertz CT molecular complexity index is 392. The highest BCUT2D eigenvalue weighted by atomic mass is 19.2. The second-order valence-corrected chi connectivity index (χ2v) is 6.23. The van der Waals surface area contributed by atoms with Crippen molar-refractivity contribution in [2.24, 2.45) is 5.92 Å². The van der Waals surface area contributed by atoms with Gasteiger partial charge < -0.3 is 4.90 Å². The number of halogens is 1. The molecule has 0 spiro atoms. The number of anilines is 1. The van der Waals surface area contributed by atoms with Crippen LogP contribution in [0.4, 0.5) is 10.2 Å². The van der Waals surface area contributed by atoms with Crippen LogP contribution >= 0.6 is 0 Å². The SMILES string of the molecule is CCC(CCC(C)C(C)N(F)c1ccccc1)N(CC)CC. The summed E-state index contributed by atoms with van der Waals surface area (Å²) in [5, 5.41) is 0.920. The maximum atomic E-state index is 14.5. The highest BCUT2D eigenvalue weighted by Gasteiger charge is 2.22. The number of para-hydroxylation sites is 1. The normalized spacial score (nSPS) is 15.6. The fourth-order valence-corrected chi connectivity index (χ4v) is 3.11. The average molecular weight is 308 g/mol. The average Bonchev–Trinajstić information content (AvgIpc) is 2.57. The van der Waals surface area contributed by atoms with E-state index in [4.69, 9.17) is 0 Å². The summed E-state index contributed by atoms with van der Waals surface area (Å²) in [5.74, 6) is 0.329. The van der Waals surface area contributed by atoms with Crippen molar-refractivity contribution in [3.8, 4) is 0 Å². The first-order chi connectivity index (χ1) is 10.5. The molecule has 3 heteroatoms. The number of hydrogen-bond acceptors (Lipinski definition) is 2. The topological polar surface area (TPSA) is 6.48 Å². The van der Waals surface area contributed by atoms with E-state index in [1.165, 1.54) is 6.42 Å². The van der Waals surface area contributed by atoms with Gasteiger partial charge in [0.2, 0.25) is 0 Å². The lowest BCUT2D eigenvalue weighted by molar-refractivity contribution is 0.185. The van der Waals surface area contributed by atoms with E-state index in [-0.39, 0.29) is 6.04 Å². The fraction of sp³-hybridized carbons (Fsp3) is 0.684. The first kappa shape index (κ1) is 19.0. The highest BCUT2D eigenvalue weighted by Crippen LogP contribution is 2.25. The van der Waals surface area contributed by atoms with E-state index < -0.39 is 0 Å². The third-order valence-corrected chi connectivity index (χ3v) is 4.94. The first-order valence-corrected chi connectivity index (χ1v) is 8.79. The molecule has 0 aliphatic rings. The molecule has 1 aromatic rings. The molecule has 1 aromatic carbocycles. The van der Waals surface area contributed by atoms with E-state index >= 15 is 0 Å². The molecular weight excluding hydrogens is 275 g/mol. The van der Waals surface area contributed by atoms with Gasteiger partial charge in [-0.2, -0.15) is 0 Å². The van der Waals surface area contributed by atoms with Gasteiger partial charge in [0, 0.05) is 6.04 Å². The van der Waals surface area contributed by atoms with Gasteiger partial charge in [-0.3, -0.25) is 0 Å². The van der Waals surface area contributed by atoms with Gasteiger partial charge in [-0.25, -0.2) is 5.12 Å². The third kappa shape index (κ3) is 5.28. The maximum Gasteiger partial charge on any atom is 0.0690 e. The van der Waals surface area contributed by atoms with Crippen LogP contribution in [0.25, 0.3) is 0 Å². The minimum absolute atomic E-state index is 0.100. The monoisotopic (exact) mass is 308 g/mol. The van der Waals surface area contributed by atoms with Crippen LogP contribution in [0.2, 0.25) is 0 Å². The summed E-state index contributed by atoms with van der Waals surface area (Å²) in [6, 6.07) is 9.86. The van der Waals surface area contributed by atoms with Crippen LogP contribution in [0.5, 0.6) is 0 Å². The summed E-state index contributed by atoms with van der Waals surface area (Å²) >= 11 is 0. The molecule has 0 amide bonds. The number of benzene rings is 1. The van der Waals surface area contributed by atoms with Gasteiger partial charge in [0.05, 0.1) is 11.7 Å². The van der Waals surface area contributed by atoms with Crippen LogP contribution in [0.1, 0.15) is 53.9 Å². The lowest BCUT2D eigenvalue weighted by Gasteiger charge is -2.32. The first-order valence-electron chi connectivity index (χ1n) is 8.79. The molecule has 0 aromatic heterocycles. The van der Waals surface area contributed by atoms with Crippen molar-refractivity contribution in [2.75, 3.05) is 18.2 Å². The van der Waals surface area contributed by atoms with Gasteiger partial charge in [0.1, 0.15) is 0 Å². The Balaban J connectivity index is 2.54. The summed E-state index contributed by atoms with van der Waals surface area (Å²) in [7, 11) is 0. The predicted molar refractivity (Wildman–Crippen MR) is 94.9 cm³/mol. The van der Waals surface area contributed by atoms with E-state index in [1.54, 1.807) is 0 Å². The zero-order chi connectivity index (χ0) is 16.5. The molecule has 126 valence electrons. The van der Waals surface area contributed by atoms with Crippen molar-refractivity contribution in [2.45, 2.75) is 66.0 Å². The smallest absolute Gasteiger partial charge is 0.0690 e. The minimum atomic E-state index is -0.100. The van der Waals surface area contributed by atoms with Crippen molar-refractivity contribution in [3.05, 3.63) is 30.3 Å². The van der Waals surface area contributed by atoms with E-state index in [1.807, 2.05) is 37.3 Å². The molecule has 0 heterocycles. The molecule has 0 aliphatic carbocycles. The zero-order valence-electron chi connectivity index (χ0n) is 14.9. The summed E-state index contributed by atoms with van der Waals surface area (Å²) in [5.41, 5.74) is 0.651. The van der Waals surface area contributed by atoms with E-state index in [0.717, 1.165) is 31.1 Å². The Kier molecular flexibility index (Phi) is 8.47. The highest BCUT2D eigenvalue weighted by molar-refractivity contribution is 5.43. The third-order valence-electron chi connectivity index (χ3n) is 4.94. The van der Waals surface area contributed by atoms with E-state index in [9.17, 15) is 4.48 Å². The van der Waals surface area contributed by atoms with Gasteiger partial charge in [0.25, 0.3) is 0 Å². The molecular formula is C19H33FN2. The van der Waals surface area contributed by atoms with Crippen molar-refractivity contribution >= 4 is 5.69 Å². The Hall–Kier alpha value is -1.09. The summed E-state index contributed by atoms with van der Waals surface area (Å²) < 4.78 is 14.5. The van der Waals surface area contributed by atoms with Crippen LogP contribution < -0.4 is 5.12 Å². The molecule has 0 radical (unpaired) electrons. The lowest BCUT2D eigenvalue weighted by atomic mass is 9.93. The maximum absolute atomic E-state index is 14.5. The molecule has 0 bridgehead atoms. The van der Waals surface area contributed by atoms with Crippen molar-refractivity contribution in [1.29, 1.82) is 0 Å². The van der Waals surface area contributed by atoms with Crippen molar-refractivity contribution in [1.82, 2.24) is 4.90 Å². The number of nitrogens with zero attached hydrogens (tertiary/aromatic N) is 2. The fourth-order valence-electron chi connectivity index (χ4n) is 3.11. The second-order valence-electron chi connectivity index (χ2n) is 6.23.